The molecule has 18 heavy (non-hydrogen) atoms. The van der Waals surface area contributed by atoms with Gasteiger partial charge in [-0.05, 0) is 29.7 Å². The first-order chi connectivity index (χ1) is 8.70. The second-order valence-electron chi connectivity index (χ2n) is 4.23. The highest BCUT2D eigenvalue weighted by Crippen LogP contribution is 2.27. The predicted octanol–water partition coefficient (Wildman–Crippen LogP) is 4.31. The lowest BCUT2D eigenvalue weighted by Crippen LogP contribution is -2.08. The zero-order valence-corrected chi connectivity index (χ0v) is 11.3. The van der Waals surface area contributed by atoms with Gasteiger partial charge in [-0.1, -0.05) is 59.6 Å². The molecule has 0 aliphatic carbocycles. The summed E-state index contributed by atoms with van der Waals surface area (Å²) in [6, 6.07) is 15.4. The van der Waals surface area contributed by atoms with Crippen LogP contribution in [0.5, 0.6) is 0 Å². The van der Waals surface area contributed by atoms with Crippen molar-refractivity contribution in [1.82, 2.24) is 0 Å². The number of hydrogen-bond acceptors (Lipinski definition) is 1. The summed E-state index contributed by atoms with van der Waals surface area (Å²) in [4.78, 5) is 0. The van der Waals surface area contributed by atoms with E-state index in [1.54, 1.807) is 6.07 Å². The van der Waals surface area contributed by atoms with E-state index in [1.165, 1.54) is 0 Å². The lowest BCUT2D eigenvalue weighted by atomic mass is 9.93. The first-order valence-electron chi connectivity index (χ1n) is 5.80. The minimum absolute atomic E-state index is 0.0601. The van der Waals surface area contributed by atoms with Gasteiger partial charge in [-0.25, -0.2) is 0 Å². The summed E-state index contributed by atoms with van der Waals surface area (Å²) in [6.07, 6.45) is 0.705. The standard InChI is InChI=1S/C15H14Cl2O/c16-14-7-6-12(15(17)9-14)8-13(10-18)11-4-2-1-3-5-11/h1-7,9,13,18H,8,10H2. The molecule has 2 aromatic rings. The molecule has 1 nitrogen and oxygen atoms in total. The van der Waals surface area contributed by atoms with Crippen LogP contribution in [0, 0.1) is 0 Å². The minimum atomic E-state index is 0.0601. The van der Waals surface area contributed by atoms with Gasteiger partial charge >= 0.3 is 0 Å². The quantitative estimate of drug-likeness (QED) is 0.885. The molecule has 0 heterocycles. The molecule has 0 amide bonds. The molecule has 0 bridgehead atoms. The minimum Gasteiger partial charge on any atom is -0.396 e. The average molecular weight is 281 g/mol. The van der Waals surface area contributed by atoms with Crippen molar-refractivity contribution in [3.8, 4) is 0 Å². The van der Waals surface area contributed by atoms with Gasteiger partial charge in [-0.3, -0.25) is 0 Å². The molecule has 94 valence electrons. The van der Waals surface area contributed by atoms with Crippen molar-refractivity contribution in [1.29, 1.82) is 0 Å². The monoisotopic (exact) mass is 280 g/mol. The Morgan fingerprint density at radius 3 is 2.33 bits per heavy atom. The largest absolute Gasteiger partial charge is 0.396 e. The van der Waals surface area contributed by atoms with Gasteiger partial charge in [0.25, 0.3) is 0 Å². The van der Waals surface area contributed by atoms with Crippen molar-refractivity contribution in [2.24, 2.45) is 0 Å². The van der Waals surface area contributed by atoms with E-state index in [1.807, 2.05) is 42.5 Å². The van der Waals surface area contributed by atoms with Gasteiger partial charge in [0, 0.05) is 16.0 Å². The lowest BCUT2D eigenvalue weighted by Gasteiger charge is -2.15. The van der Waals surface area contributed by atoms with Crippen LogP contribution < -0.4 is 0 Å². The summed E-state index contributed by atoms with van der Waals surface area (Å²) in [5.41, 5.74) is 2.12. The van der Waals surface area contributed by atoms with E-state index in [9.17, 15) is 5.11 Å². The van der Waals surface area contributed by atoms with Crippen molar-refractivity contribution in [3.63, 3.8) is 0 Å². The van der Waals surface area contributed by atoms with E-state index in [0.29, 0.717) is 16.5 Å². The molecular formula is C15H14Cl2O. The van der Waals surface area contributed by atoms with Crippen molar-refractivity contribution >= 4 is 23.2 Å². The first-order valence-corrected chi connectivity index (χ1v) is 6.56. The van der Waals surface area contributed by atoms with Gasteiger partial charge < -0.3 is 5.11 Å². The number of hydrogen-bond donors (Lipinski definition) is 1. The highest BCUT2D eigenvalue weighted by atomic mass is 35.5. The van der Waals surface area contributed by atoms with Crippen molar-refractivity contribution in [3.05, 3.63) is 69.7 Å². The summed E-state index contributed by atoms with van der Waals surface area (Å²) in [5, 5.41) is 10.8. The van der Waals surface area contributed by atoms with E-state index in [4.69, 9.17) is 23.2 Å². The molecule has 0 aliphatic heterocycles. The number of halogens is 2. The highest BCUT2D eigenvalue weighted by molar-refractivity contribution is 6.35. The van der Waals surface area contributed by atoms with Gasteiger partial charge in [0.05, 0.1) is 6.61 Å². The molecule has 3 heteroatoms. The molecule has 0 aromatic heterocycles. The summed E-state index contributed by atoms with van der Waals surface area (Å²) < 4.78 is 0. The fraction of sp³-hybridized carbons (Fsp3) is 0.200. The Morgan fingerprint density at radius 2 is 1.72 bits per heavy atom. The molecule has 0 spiro atoms. The average Bonchev–Trinajstić information content (AvgIpc) is 2.39. The molecule has 0 aliphatic rings. The maximum absolute atomic E-state index is 9.52. The second-order valence-corrected chi connectivity index (χ2v) is 5.07. The van der Waals surface area contributed by atoms with Gasteiger partial charge in [0.15, 0.2) is 0 Å². The van der Waals surface area contributed by atoms with E-state index in [0.717, 1.165) is 11.1 Å². The molecule has 2 aromatic carbocycles. The maximum atomic E-state index is 9.52. The van der Waals surface area contributed by atoms with Gasteiger partial charge in [0.1, 0.15) is 0 Å². The van der Waals surface area contributed by atoms with Crippen LogP contribution in [0.2, 0.25) is 10.0 Å². The Hall–Kier alpha value is -1.02. The van der Waals surface area contributed by atoms with Crippen LogP contribution in [0.15, 0.2) is 48.5 Å². The summed E-state index contributed by atoms with van der Waals surface area (Å²) in [6.45, 7) is 0.100. The summed E-state index contributed by atoms with van der Waals surface area (Å²) in [7, 11) is 0. The van der Waals surface area contributed by atoms with Crippen LogP contribution >= 0.6 is 23.2 Å². The molecule has 1 unspecified atom stereocenters. The van der Waals surface area contributed by atoms with Gasteiger partial charge in [-0.2, -0.15) is 0 Å². The number of aliphatic hydroxyl groups excluding tert-OH is 1. The Labute approximate surface area is 117 Å². The van der Waals surface area contributed by atoms with Crippen LogP contribution in [0.1, 0.15) is 17.0 Å². The molecule has 0 radical (unpaired) electrons. The van der Waals surface area contributed by atoms with Crippen LogP contribution in [0.3, 0.4) is 0 Å². The van der Waals surface area contributed by atoms with E-state index >= 15 is 0 Å². The smallest absolute Gasteiger partial charge is 0.0502 e. The first kappa shape index (κ1) is 13.4. The summed E-state index contributed by atoms with van der Waals surface area (Å²) >= 11 is 12.0. The predicted molar refractivity (Wildman–Crippen MR) is 76.4 cm³/mol. The lowest BCUT2D eigenvalue weighted by molar-refractivity contribution is 0.264. The molecule has 2 rings (SSSR count). The number of benzene rings is 2. The molecular weight excluding hydrogens is 267 g/mol. The Kier molecular flexibility index (Phi) is 4.65. The van der Waals surface area contributed by atoms with Gasteiger partial charge in [-0.15, -0.1) is 0 Å². The van der Waals surface area contributed by atoms with Gasteiger partial charge in [0.2, 0.25) is 0 Å². The third kappa shape index (κ3) is 3.26. The zero-order valence-electron chi connectivity index (χ0n) is 9.81. The van der Waals surface area contributed by atoms with E-state index in [-0.39, 0.29) is 12.5 Å². The second kappa shape index (κ2) is 6.24. The van der Waals surface area contributed by atoms with E-state index in [2.05, 4.69) is 0 Å². The van der Waals surface area contributed by atoms with Crippen LogP contribution in [0.4, 0.5) is 0 Å². The van der Waals surface area contributed by atoms with Crippen LogP contribution in [-0.4, -0.2) is 11.7 Å². The Morgan fingerprint density at radius 1 is 1.00 bits per heavy atom. The molecule has 1 atom stereocenters. The topological polar surface area (TPSA) is 20.2 Å². The SMILES string of the molecule is OCC(Cc1ccc(Cl)cc1Cl)c1ccccc1. The van der Waals surface area contributed by atoms with Crippen molar-refractivity contribution < 1.29 is 5.11 Å². The molecule has 0 saturated carbocycles. The molecule has 0 fully saturated rings. The van der Waals surface area contributed by atoms with E-state index < -0.39 is 0 Å². The third-order valence-electron chi connectivity index (χ3n) is 2.97. The van der Waals surface area contributed by atoms with Crippen molar-refractivity contribution in [2.75, 3.05) is 6.61 Å². The number of aliphatic hydroxyl groups is 1. The Bertz CT molecular complexity index is 511. The summed E-state index contributed by atoms with van der Waals surface area (Å²) in [5.74, 6) is 0.0601. The zero-order chi connectivity index (χ0) is 13.0. The highest BCUT2D eigenvalue weighted by Gasteiger charge is 2.13. The number of rotatable bonds is 4. The van der Waals surface area contributed by atoms with Crippen LogP contribution in [-0.2, 0) is 6.42 Å². The maximum Gasteiger partial charge on any atom is 0.0502 e. The van der Waals surface area contributed by atoms with Crippen molar-refractivity contribution in [2.45, 2.75) is 12.3 Å². The fourth-order valence-electron chi connectivity index (χ4n) is 1.97. The fourth-order valence-corrected chi connectivity index (χ4v) is 2.45. The Balaban J connectivity index is 2.21. The normalized spacial score (nSPS) is 12.4. The molecule has 0 saturated heterocycles. The molecule has 1 N–H and O–H groups in total. The van der Waals surface area contributed by atoms with Crippen LogP contribution in [0.25, 0.3) is 0 Å². The third-order valence-corrected chi connectivity index (χ3v) is 3.56.